The Kier molecular flexibility index (Phi) is 6.77. The summed E-state index contributed by atoms with van der Waals surface area (Å²) in [4.78, 5) is 35.8. The minimum atomic E-state index is -0.957. The number of alkyl carbamates (subject to hydrolysis) is 1. The van der Waals surface area contributed by atoms with Crippen LogP contribution in [-0.4, -0.2) is 41.8 Å². The zero-order chi connectivity index (χ0) is 23.4. The van der Waals surface area contributed by atoms with Crippen LogP contribution in [-0.2, 0) is 14.3 Å². The third-order valence-corrected chi connectivity index (χ3v) is 6.21. The summed E-state index contributed by atoms with van der Waals surface area (Å²) in [5, 5.41) is 14.4. The molecule has 3 N–H and O–H groups in total. The number of carbonyl (C=O) groups excluding carboxylic acids is 2. The van der Waals surface area contributed by atoms with Crippen molar-refractivity contribution in [3.05, 3.63) is 71.8 Å². The predicted molar refractivity (Wildman–Crippen MR) is 124 cm³/mol. The molecule has 3 atom stereocenters. The number of fused-ring (bicyclic) bond motifs is 3. The van der Waals surface area contributed by atoms with Crippen molar-refractivity contribution >= 4 is 18.0 Å². The maximum atomic E-state index is 12.5. The molecule has 0 radical (unpaired) electrons. The van der Waals surface area contributed by atoms with Crippen LogP contribution in [0.3, 0.4) is 0 Å². The van der Waals surface area contributed by atoms with Crippen LogP contribution in [0.5, 0.6) is 0 Å². The van der Waals surface area contributed by atoms with E-state index < -0.39 is 18.1 Å². The molecular formula is C26H28N2O5. The summed E-state index contributed by atoms with van der Waals surface area (Å²) in [7, 11) is 0. The molecule has 33 heavy (non-hydrogen) atoms. The Morgan fingerprint density at radius 3 is 2.33 bits per heavy atom. The number of rotatable bonds is 7. The molecule has 0 aromatic heterocycles. The highest BCUT2D eigenvalue weighted by Gasteiger charge is 2.30. The minimum absolute atomic E-state index is 0.0145. The van der Waals surface area contributed by atoms with Crippen molar-refractivity contribution in [1.29, 1.82) is 0 Å². The van der Waals surface area contributed by atoms with Gasteiger partial charge in [0, 0.05) is 17.9 Å². The van der Waals surface area contributed by atoms with E-state index >= 15 is 0 Å². The van der Waals surface area contributed by atoms with Gasteiger partial charge in [0.25, 0.3) is 0 Å². The van der Waals surface area contributed by atoms with E-state index in [0.29, 0.717) is 12.8 Å². The second-order valence-electron chi connectivity index (χ2n) is 8.68. The normalized spacial score (nSPS) is 19.8. The van der Waals surface area contributed by atoms with E-state index in [4.69, 9.17) is 9.84 Å². The molecule has 2 aliphatic carbocycles. The number of benzene rings is 2. The van der Waals surface area contributed by atoms with Gasteiger partial charge >= 0.3 is 12.1 Å². The van der Waals surface area contributed by atoms with E-state index in [9.17, 15) is 14.4 Å². The highest BCUT2D eigenvalue weighted by molar-refractivity contribution is 5.81. The lowest BCUT2D eigenvalue weighted by Crippen LogP contribution is -2.43. The van der Waals surface area contributed by atoms with Crippen LogP contribution in [0.4, 0.5) is 4.79 Å². The number of carboxylic acid groups (broad SMARTS) is 1. The van der Waals surface area contributed by atoms with Crippen LogP contribution in [0.2, 0.25) is 0 Å². The lowest BCUT2D eigenvalue weighted by Gasteiger charge is -2.26. The molecule has 2 aliphatic rings. The average molecular weight is 449 g/mol. The maximum absolute atomic E-state index is 12.5. The third kappa shape index (κ3) is 5.25. The van der Waals surface area contributed by atoms with Crippen molar-refractivity contribution in [3.63, 3.8) is 0 Å². The van der Waals surface area contributed by atoms with Crippen LogP contribution in [0.25, 0.3) is 11.1 Å². The zero-order valence-corrected chi connectivity index (χ0v) is 18.5. The van der Waals surface area contributed by atoms with E-state index in [1.807, 2.05) is 36.4 Å². The number of allylic oxidation sites excluding steroid dienone is 1. The van der Waals surface area contributed by atoms with Gasteiger partial charge in [-0.25, -0.2) is 4.79 Å². The minimum Gasteiger partial charge on any atom is -0.481 e. The molecule has 0 spiro atoms. The highest BCUT2D eigenvalue weighted by Crippen LogP contribution is 2.44. The van der Waals surface area contributed by atoms with E-state index in [0.717, 1.165) is 11.1 Å². The fraction of sp³-hybridized carbons (Fsp3) is 0.346. The summed E-state index contributed by atoms with van der Waals surface area (Å²) >= 11 is 0. The summed E-state index contributed by atoms with van der Waals surface area (Å²) in [5.74, 6) is -1.50. The van der Waals surface area contributed by atoms with Crippen molar-refractivity contribution in [2.45, 2.75) is 44.2 Å². The summed E-state index contributed by atoms with van der Waals surface area (Å²) < 4.78 is 5.60. The first-order valence-corrected chi connectivity index (χ1v) is 11.2. The number of amides is 2. The quantitative estimate of drug-likeness (QED) is 0.558. The first-order chi connectivity index (χ1) is 15.9. The van der Waals surface area contributed by atoms with E-state index in [-0.39, 0.29) is 36.8 Å². The first-order valence-electron chi connectivity index (χ1n) is 11.2. The molecule has 172 valence electrons. The molecule has 4 rings (SSSR count). The van der Waals surface area contributed by atoms with Gasteiger partial charge in [0.1, 0.15) is 6.61 Å². The van der Waals surface area contributed by atoms with Gasteiger partial charge < -0.3 is 20.5 Å². The van der Waals surface area contributed by atoms with Gasteiger partial charge in [-0.15, -0.1) is 0 Å². The molecule has 2 unspecified atom stereocenters. The first kappa shape index (κ1) is 22.6. The Balaban J connectivity index is 1.32. The lowest BCUT2D eigenvalue weighted by atomic mass is 9.90. The van der Waals surface area contributed by atoms with Gasteiger partial charge in [-0.1, -0.05) is 60.7 Å². The molecule has 0 aliphatic heterocycles. The van der Waals surface area contributed by atoms with Crippen molar-refractivity contribution < 1.29 is 24.2 Å². The van der Waals surface area contributed by atoms with Gasteiger partial charge in [-0.05, 0) is 42.0 Å². The second-order valence-corrected chi connectivity index (χ2v) is 8.68. The topological polar surface area (TPSA) is 105 Å². The van der Waals surface area contributed by atoms with Gasteiger partial charge in [0.05, 0.1) is 12.5 Å². The number of carbonyl (C=O) groups is 3. The summed E-state index contributed by atoms with van der Waals surface area (Å²) in [5.41, 5.74) is 4.64. The molecule has 0 bridgehead atoms. The summed E-state index contributed by atoms with van der Waals surface area (Å²) in [6.07, 6.45) is 4.07. The van der Waals surface area contributed by atoms with Crippen molar-refractivity contribution in [2.24, 2.45) is 5.92 Å². The van der Waals surface area contributed by atoms with E-state index in [1.54, 1.807) is 6.92 Å². The average Bonchev–Trinajstić information content (AvgIpc) is 3.11. The SMILES string of the molecule is C[C@@H](CC(=O)O)NC(=O)C1CC=CC(NC(=O)OCC2c3ccccc3-c3ccccc32)C1. The van der Waals surface area contributed by atoms with Crippen LogP contribution in [0.15, 0.2) is 60.7 Å². The number of hydrogen-bond donors (Lipinski definition) is 3. The highest BCUT2D eigenvalue weighted by atomic mass is 16.5. The smallest absolute Gasteiger partial charge is 0.407 e. The Labute approximate surface area is 192 Å². The molecule has 0 saturated carbocycles. The van der Waals surface area contributed by atoms with Crippen molar-refractivity contribution in [2.75, 3.05) is 6.61 Å². The predicted octanol–water partition coefficient (Wildman–Crippen LogP) is 3.84. The second kappa shape index (κ2) is 9.90. The molecule has 2 aromatic rings. The lowest BCUT2D eigenvalue weighted by molar-refractivity contribution is -0.137. The fourth-order valence-corrected chi connectivity index (χ4v) is 4.67. The number of nitrogens with one attached hydrogen (secondary N) is 2. The molecule has 2 amide bonds. The Morgan fingerprint density at radius 2 is 1.70 bits per heavy atom. The zero-order valence-electron chi connectivity index (χ0n) is 18.5. The number of ether oxygens (including phenoxy) is 1. The van der Waals surface area contributed by atoms with Crippen LogP contribution in [0, 0.1) is 5.92 Å². The Hall–Kier alpha value is -3.61. The Bertz CT molecular complexity index is 1030. The number of carboxylic acids is 1. The number of hydrogen-bond acceptors (Lipinski definition) is 4. The van der Waals surface area contributed by atoms with Crippen LogP contribution >= 0.6 is 0 Å². The van der Waals surface area contributed by atoms with Crippen LogP contribution in [0.1, 0.15) is 43.2 Å². The van der Waals surface area contributed by atoms with Gasteiger partial charge in [0.15, 0.2) is 0 Å². The third-order valence-electron chi connectivity index (χ3n) is 6.21. The Morgan fingerprint density at radius 1 is 1.06 bits per heavy atom. The molecule has 2 aromatic carbocycles. The molecule has 0 saturated heterocycles. The molecule has 0 heterocycles. The molecule has 7 heteroatoms. The van der Waals surface area contributed by atoms with Gasteiger partial charge in [0.2, 0.25) is 5.91 Å². The summed E-state index contributed by atoms with van der Waals surface area (Å²) in [6.45, 7) is 1.89. The van der Waals surface area contributed by atoms with Crippen molar-refractivity contribution in [3.8, 4) is 11.1 Å². The monoisotopic (exact) mass is 448 g/mol. The fourth-order valence-electron chi connectivity index (χ4n) is 4.67. The molecule has 0 fully saturated rings. The van der Waals surface area contributed by atoms with Gasteiger partial charge in [-0.2, -0.15) is 0 Å². The summed E-state index contributed by atoms with van der Waals surface area (Å²) in [6, 6.07) is 15.5. The van der Waals surface area contributed by atoms with Crippen LogP contribution < -0.4 is 10.6 Å². The number of aliphatic carboxylic acids is 1. The van der Waals surface area contributed by atoms with Gasteiger partial charge in [-0.3, -0.25) is 9.59 Å². The standard InChI is InChI=1S/C26H28N2O5/c1-16(13-24(29)30)27-25(31)17-7-6-8-18(14-17)28-26(32)33-15-23-21-11-4-2-9-19(21)20-10-3-5-12-22(20)23/h2-6,8-12,16-18,23H,7,13-15H2,1H3,(H,27,31)(H,28,32)(H,29,30)/t16-,17?,18?/m0/s1. The van der Waals surface area contributed by atoms with Crippen molar-refractivity contribution in [1.82, 2.24) is 10.6 Å². The maximum Gasteiger partial charge on any atom is 0.407 e. The van der Waals surface area contributed by atoms with E-state index in [2.05, 4.69) is 34.9 Å². The molecular weight excluding hydrogens is 420 g/mol. The van der Waals surface area contributed by atoms with E-state index in [1.165, 1.54) is 11.1 Å². The largest absolute Gasteiger partial charge is 0.481 e. The molecule has 7 nitrogen and oxygen atoms in total.